The summed E-state index contributed by atoms with van der Waals surface area (Å²) < 4.78 is 16.7. The van der Waals surface area contributed by atoms with Crippen LogP contribution in [-0.4, -0.2) is 35.1 Å². The Kier molecular flexibility index (Phi) is 4.49. The van der Waals surface area contributed by atoms with Gasteiger partial charge in [-0.3, -0.25) is 10.1 Å². The molecule has 1 atom stereocenters. The van der Waals surface area contributed by atoms with Crippen LogP contribution in [0.3, 0.4) is 0 Å². The highest BCUT2D eigenvalue weighted by atomic mass is 32.2. The van der Waals surface area contributed by atoms with Crippen molar-refractivity contribution in [2.24, 2.45) is 0 Å². The number of carbonyl (C=O) groups excluding carboxylic acids is 1. The first kappa shape index (κ1) is 16.5. The van der Waals surface area contributed by atoms with Gasteiger partial charge in [-0.25, -0.2) is 0 Å². The summed E-state index contributed by atoms with van der Waals surface area (Å²) in [6.45, 7) is 0.111. The smallest absolute Gasteiger partial charge is 0.322 e. The molecular weight excluding hydrogens is 354 g/mol. The molecule has 0 aliphatic carbocycles. The molecule has 0 saturated carbocycles. The number of ether oxygens (including phenoxy) is 2. The molecule has 3 aromatic rings. The number of carbonyl (C=O) groups is 1. The van der Waals surface area contributed by atoms with E-state index in [9.17, 15) is 4.79 Å². The normalized spacial score (nSPS) is 15.5. The second-order valence-corrected chi connectivity index (χ2v) is 6.37. The molecule has 7 nitrogen and oxygen atoms in total. The minimum absolute atomic E-state index is 0.0152. The molecule has 0 bridgehead atoms. The monoisotopic (exact) mass is 369 g/mol. The number of rotatable bonds is 4. The fraction of sp³-hybridized carbons (Fsp3) is 0.167. The van der Waals surface area contributed by atoms with E-state index in [1.54, 1.807) is 23.9 Å². The fourth-order valence-electron chi connectivity index (χ4n) is 2.46. The third-order valence-electron chi connectivity index (χ3n) is 3.79. The zero-order valence-electron chi connectivity index (χ0n) is 13.8. The molecule has 1 N–H and O–H groups in total. The van der Waals surface area contributed by atoms with Crippen molar-refractivity contribution in [2.45, 2.75) is 11.0 Å². The largest absolute Gasteiger partial charge is 0.485 e. The molecule has 0 saturated heterocycles. The molecule has 8 heteroatoms. The number of amides is 1. The lowest BCUT2D eigenvalue weighted by atomic mass is 10.2. The van der Waals surface area contributed by atoms with Crippen molar-refractivity contribution >= 4 is 23.7 Å². The molecule has 2 aromatic carbocycles. The number of hydrogen-bond donors (Lipinski definition) is 1. The van der Waals surface area contributed by atoms with Crippen LogP contribution in [0.1, 0.15) is 0 Å². The number of para-hydroxylation sites is 2. The Labute approximate surface area is 153 Å². The molecule has 1 amide bonds. The lowest BCUT2D eigenvalue weighted by Crippen LogP contribution is -2.40. The topological polar surface area (TPSA) is 86.5 Å². The number of thioether (sulfide) groups is 1. The molecular formula is C18H15N3O4S. The summed E-state index contributed by atoms with van der Waals surface area (Å²) in [7, 11) is 0. The number of nitrogens with zero attached hydrogens (tertiary/aromatic N) is 2. The second-order valence-electron chi connectivity index (χ2n) is 5.49. The Morgan fingerprint density at radius 3 is 2.65 bits per heavy atom. The third-order valence-corrected chi connectivity index (χ3v) is 4.54. The molecule has 132 valence electrons. The highest BCUT2D eigenvalue weighted by Gasteiger charge is 2.28. The van der Waals surface area contributed by atoms with Crippen molar-refractivity contribution in [1.29, 1.82) is 0 Å². The number of aromatic nitrogens is 2. The van der Waals surface area contributed by atoms with Gasteiger partial charge in [0.2, 0.25) is 12.0 Å². The maximum Gasteiger partial charge on any atom is 0.322 e. The Bertz CT molecular complexity index is 926. The summed E-state index contributed by atoms with van der Waals surface area (Å²) in [6.07, 6.45) is 1.21. The van der Waals surface area contributed by atoms with Crippen molar-refractivity contribution in [3.05, 3.63) is 48.5 Å². The number of nitrogens with one attached hydrogen (secondary N) is 1. The van der Waals surface area contributed by atoms with Gasteiger partial charge in [-0.15, -0.1) is 16.9 Å². The second kappa shape index (κ2) is 7.09. The molecule has 0 fully saturated rings. The Morgan fingerprint density at radius 2 is 1.88 bits per heavy atom. The van der Waals surface area contributed by atoms with E-state index in [0.717, 1.165) is 10.5 Å². The molecule has 2 heterocycles. The molecule has 0 spiro atoms. The van der Waals surface area contributed by atoms with E-state index in [1.807, 2.05) is 42.7 Å². The van der Waals surface area contributed by atoms with Crippen LogP contribution in [0.2, 0.25) is 0 Å². The van der Waals surface area contributed by atoms with Gasteiger partial charge in [0, 0.05) is 10.5 Å². The fourth-order valence-corrected chi connectivity index (χ4v) is 2.87. The highest BCUT2D eigenvalue weighted by Crippen LogP contribution is 2.31. The van der Waals surface area contributed by atoms with Gasteiger partial charge < -0.3 is 13.9 Å². The number of benzene rings is 2. The summed E-state index contributed by atoms with van der Waals surface area (Å²) in [5, 5.41) is 10.4. The Morgan fingerprint density at radius 1 is 1.12 bits per heavy atom. The van der Waals surface area contributed by atoms with Crippen LogP contribution in [0.15, 0.2) is 57.8 Å². The average Bonchev–Trinajstić information content (AvgIpc) is 3.16. The molecule has 1 aromatic heterocycles. The van der Waals surface area contributed by atoms with Gasteiger partial charge in [0.15, 0.2) is 11.5 Å². The van der Waals surface area contributed by atoms with Crippen LogP contribution in [0.4, 0.5) is 6.01 Å². The van der Waals surface area contributed by atoms with E-state index in [-0.39, 0.29) is 12.6 Å². The van der Waals surface area contributed by atoms with Gasteiger partial charge >= 0.3 is 6.01 Å². The zero-order valence-corrected chi connectivity index (χ0v) is 14.7. The zero-order chi connectivity index (χ0) is 17.9. The van der Waals surface area contributed by atoms with E-state index in [1.165, 1.54) is 0 Å². The number of fused-ring (bicyclic) bond motifs is 1. The summed E-state index contributed by atoms with van der Waals surface area (Å²) in [4.78, 5) is 13.5. The highest BCUT2D eigenvalue weighted by molar-refractivity contribution is 7.98. The van der Waals surface area contributed by atoms with E-state index in [4.69, 9.17) is 13.9 Å². The van der Waals surface area contributed by atoms with Crippen molar-refractivity contribution in [2.75, 3.05) is 18.2 Å². The van der Waals surface area contributed by atoms with Crippen LogP contribution in [0.5, 0.6) is 11.5 Å². The quantitative estimate of drug-likeness (QED) is 0.707. The first-order chi connectivity index (χ1) is 12.7. The predicted octanol–water partition coefficient (Wildman–Crippen LogP) is 3.24. The van der Waals surface area contributed by atoms with Crippen molar-refractivity contribution < 1.29 is 18.7 Å². The van der Waals surface area contributed by atoms with Crippen LogP contribution >= 0.6 is 11.8 Å². The minimum atomic E-state index is -0.791. The standard InChI is InChI=1S/C18H15N3O4S/c1-26-12-8-6-11(7-9-12)17-20-21-18(25-17)19-16(22)15-10-23-13-4-2-3-5-14(13)24-15/h2-9,15H,10H2,1H3,(H,19,21,22)/t15-/m0/s1. The summed E-state index contributed by atoms with van der Waals surface area (Å²) >= 11 is 1.65. The first-order valence-corrected chi connectivity index (χ1v) is 9.12. The predicted molar refractivity (Wildman–Crippen MR) is 96.5 cm³/mol. The Balaban J connectivity index is 1.43. The average molecular weight is 369 g/mol. The van der Waals surface area contributed by atoms with E-state index < -0.39 is 12.0 Å². The minimum Gasteiger partial charge on any atom is -0.485 e. The molecule has 1 aliphatic heterocycles. The summed E-state index contributed by atoms with van der Waals surface area (Å²) in [5.41, 5.74) is 0.780. The van der Waals surface area contributed by atoms with E-state index >= 15 is 0 Å². The van der Waals surface area contributed by atoms with Gasteiger partial charge in [0.1, 0.15) is 6.61 Å². The molecule has 0 radical (unpaired) electrons. The molecule has 4 rings (SSSR count). The third kappa shape index (κ3) is 3.36. The van der Waals surface area contributed by atoms with Crippen LogP contribution < -0.4 is 14.8 Å². The van der Waals surface area contributed by atoms with Crippen molar-refractivity contribution in [3.8, 4) is 23.0 Å². The summed E-state index contributed by atoms with van der Waals surface area (Å²) in [5.74, 6) is 1.07. The first-order valence-electron chi connectivity index (χ1n) is 7.90. The van der Waals surface area contributed by atoms with Crippen LogP contribution in [0.25, 0.3) is 11.5 Å². The van der Waals surface area contributed by atoms with E-state index in [0.29, 0.717) is 17.4 Å². The lowest BCUT2D eigenvalue weighted by Gasteiger charge is -2.24. The van der Waals surface area contributed by atoms with Gasteiger partial charge in [0.25, 0.3) is 5.91 Å². The van der Waals surface area contributed by atoms with Gasteiger partial charge in [0.05, 0.1) is 0 Å². The van der Waals surface area contributed by atoms with Crippen LogP contribution in [0, 0.1) is 0 Å². The van der Waals surface area contributed by atoms with Crippen molar-refractivity contribution in [1.82, 2.24) is 10.2 Å². The molecule has 0 unspecified atom stereocenters. The molecule has 1 aliphatic rings. The number of anilines is 1. The summed E-state index contributed by atoms with van der Waals surface area (Å²) in [6, 6.07) is 14.9. The Hall–Kier alpha value is -3.00. The SMILES string of the molecule is CSc1ccc(-c2nnc(NC(=O)[C@@H]3COc4ccccc4O3)o2)cc1. The van der Waals surface area contributed by atoms with Gasteiger partial charge in [-0.1, -0.05) is 17.2 Å². The number of hydrogen-bond acceptors (Lipinski definition) is 7. The maximum atomic E-state index is 12.4. The van der Waals surface area contributed by atoms with Crippen LogP contribution in [-0.2, 0) is 4.79 Å². The maximum absolute atomic E-state index is 12.4. The molecule has 26 heavy (non-hydrogen) atoms. The van der Waals surface area contributed by atoms with Gasteiger partial charge in [-0.2, -0.15) is 0 Å². The lowest BCUT2D eigenvalue weighted by molar-refractivity contribution is -0.125. The van der Waals surface area contributed by atoms with Gasteiger partial charge in [-0.05, 0) is 42.7 Å². The van der Waals surface area contributed by atoms with E-state index in [2.05, 4.69) is 15.5 Å². The van der Waals surface area contributed by atoms with Crippen molar-refractivity contribution in [3.63, 3.8) is 0 Å².